The van der Waals surface area contributed by atoms with Crippen LogP contribution in [0.2, 0.25) is 0 Å². The molecule has 1 saturated heterocycles. The SMILES string of the molecule is COc1ccc(-c2nn(CN3CC(C)OCC3C)c(=S)o2)cc1OC. The monoisotopic (exact) mass is 365 g/mol. The van der Waals surface area contributed by atoms with Crippen LogP contribution in [0.15, 0.2) is 22.6 Å². The Labute approximate surface area is 152 Å². The van der Waals surface area contributed by atoms with Crippen LogP contribution in [-0.2, 0) is 11.4 Å². The molecule has 1 fully saturated rings. The molecule has 136 valence electrons. The van der Waals surface area contributed by atoms with E-state index in [0.29, 0.717) is 41.5 Å². The highest BCUT2D eigenvalue weighted by Crippen LogP contribution is 2.31. The van der Waals surface area contributed by atoms with E-state index in [0.717, 1.165) is 12.1 Å². The fraction of sp³-hybridized carbons (Fsp3) is 0.529. The summed E-state index contributed by atoms with van der Waals surface area (Å²) in [5, 5.41) is 4.53. The van der Waals surface area contributed by atoms with Gasteiger partial charge in [-0.25, -0.2) is 4.68 Å². The molecule has 0 spiro atoms. The van der Waals surface area contributed by atoms with E-state index >= 15 is 0 Å². The molecule has 3 rings (SSSR count). The van der Waals surface area contributed by atoms with E-state index in [1.165, 1.54) is 0 Å². The van der Waals surface area contributed by atoms with Crippen LogP contribution < -0.4 is 9.47 Å². The summed E-state index contributed by atoms with van der Waals surface area (Å²) in [7, 11) is 3.19. The second-order valence-corrected chi connectivity index (χ2v) is 6.50. The van der Waals surface area contributed by atoms with Gasteiger partial charge in [0.05, 0.1) is 33.6 Å². The van der Waals surface area contributed by atoms with Gasteiger partial charge in [-0.2, -0.15) is 0 Å². The van der Waals surface area contributed by atoms with Crippen molar-refractivity contribution >= 4 is 12.2 Å². The van der Waals surface area contributed by atoms with Crippen LogP contribution >= 0.6 is 12.2 Å². The van der Waals surface area contributed by atoms with Crippen molar-refractivity contribution < 1.29 is 18.6 Å². The minimum absolute atomic E-state index is 0.197. The molecule has 2 aromatic rings. The van der Waals surface area contributed by atoms with Crippen molar-refractivity contribution in [3.63, 3.8) is 0 Å². The van der Waals surface area contributed by atoms with E-state index < -0.39 is 0 Å². The van der Waals surface area contributed by atoms with Crippen LogP contribution in [-0.4, -0.2) is 54.2 Å². The molecule has 0 radical (unpaired) electrons. The van der Waals surface area contributed by atoms with Crippen molar-refractivity contribution in [1.82, 2.24) is 14.7 Å². The van der Waals surface area contributed by atoms with Gasteiger partial charge in [-0.3, -0.25) is 4.90 Å². The summed E-state index contributed by atoms with van der Waals surface area (Å²) in [6, 6.07) is 5.81. The molecular weight excluding hydrogens is 342 g/mol. The van der Waals surface area contributed by atoms with Gasteiger partial charge in [0.2, 0.25) is 5.89 Å². The zero-order valence-corrected chi connectivity index (χ0v) is 15.7. The van der Waals surface area contributed by atoms with Crippen LogP contribution in [0.3, 0.4) is 0 Å². The van der Waals surface area contributed by atoms with E-state index in [1.807, 2.05) is 18.2 Å². The quantitative estimate of drug-likeness (QED) is 0.755. The summed E-state index contributed by atoms with van der Waals surface area (Å²) in [5.74, 6) is 1.73. The lowest BCUT2D eigenvalue weighted by atomic mass is 10.2. The average Bonchev–Trinajstić information content (AvgIpc) is 2.98. The number of rotatable bonds is 5. The lowest BCUT2D eigenvalue weighted by Gasteiger charge is -2.36. The van der Waals surface area contributed by atoms with Crippen molar-refractivity contribution in [2.45, 2.75) is 32.7 Å². The molecule has 1 aliphatic heterocycles. The van der Waals surface area contributed by atoms with Gasteiger partial charge < -0.3 is 18.6 Å². The Balaban J connectivity index is 1.84. The first-order chi connectivity index (χ1) is 12.0. The van der Waals surface area contributed by atoms with Crippen LogP contribution in [0.1, 0.15) is 13.8 Å². The van der Waals surface area contributed by atoms with Gasteiger partial charge in [0, 0.05) is 18.2 Å². The van der Waals surface area contributed by atoms with Gasteiger partial charge in [-0.1, -0.05) is 0 Å². The highest BCUT2D eigenvalue weighted by Gasteiger charge is 2.24. The van der Waals surface area contributed by atoms with E-state index in [1.54, 1.807) is 18.9 Å². The van der Waals surface area contributed by atoms with E-state index in [-0.39, 0.29) is 6.10 Å². The molecule has 0 saturated carbocycles. The number of hydrogen-bond donors (Lipinski definition) is 0. The number of morpholine rings is 1. The Morgan fingerprint density at radius 2 is 2.00 bits per heavy atom. The van der Waals surface area contributed by atoms with E-state index in [9.17, 15) is 0 Å². The van der Waals surface area contributed by atoms with Crippen molar-refractivity contribution in [3.05, 3.63) is 23.0 Å². The lowest BCUT2D eigenvalue weighted by molar-refractivity contribution is -0.0626. The molecule has 25 heavy (non-hydrogen) atoms. The first-order valence-electron chi connectivity index (χ1n) is 8.17. The standard InChI is InChI=1S/C17H23N3O4S/c1-11-9-23-12(2)8-19(11)10-20-17(25)24-16(18-20)13-5-6-14(21-3)15(7-13)22-4/h5-7,11-12H,8-10H2,1-4H3. The second-order valence-electron chi connectivity index (χ2n) is 6.15. The summed E-state index contributed by atoms with van der Waals surface area (Å²) in [6.07, 6.45) is 0.197. The zero-order valence-electron chi connectivity index (χ0n) is 14.9. The van der Waals surface area contributed by atoms with Crippen molar-refractivity contribution in [2.24, 2.45) is 0 Å². The third-order valence-corrected chi connectivity index (χ3v) is 4.58. The van der Waals surface area contributed by atoms with Gasteiger partial charge in [0.15, 0.2) is 11.5 Å². The fourth-order valence-corrected chi connectivity index (χ4v) is 3.00. The Morgan fingerprint density at radius 3 is 2.72 bits per heavy atom. The molecule has 0 amide bonds. The molecular formula is C17H23N3O4S. The maximum absolute atomic E-state index is 5.69. The smallest absolute Gasteiger partial charge is 0.288 e. The summed E-state index contributed by atoms with van der Waals surface area (Å²) < 4.78 is 23.6. The van der Waals surface area contributed by atoms with Crippen LogP contribution in [0, 0.1) is 4.84 Å². The molecule has 2 unspecified atom stereocenters. The predicted octanol–water partition coefficient (Wildman–Crippen LogP) is 2.96. The normalized spacial score (nSPS) is 21.3. The van der Waals surface area contributed by atoms with Crippen molar-refractivity contribution in [2.75, 3.05) is 27.4 Å². The Bertz CT molecular complexity index is 788. The number of hydrogen-bond acceptors (Lipinski definition) is 7. The molecule has 1 aliphatic rings. The molecule has 0 aliphatic carbocycles. The second kappa shape index (κ2) is 7.55. The number of benzene rings is 1. The Kier molecular flexibility index (Phi) is 5.41. The average molecular weight is 365 g/mol. The van der Waals surface area contributed by atoms with Gasteiger partial charge in [0.1, 0.15) is 0 Å². The molecule has 2 atom stereocenters. The van der Waals surface area contributed by atoms with Gasteiger partial charge in [0.25, 0.3) is 4.84 Å². The number of ether oxygens (including phenoxy) is 3. The van der Waals surface area contributed by atoms with Crippen LogP contribution in [0.4, 0.5) is 0 Å². The minimum atomic E-state index is 0.197. The first-order valence-corrected chi connectivity index (χ1v) is 8.58. The number of methoxy groups -OCH3 is 2. The highest BCUT2D eigenvalue weighted by atomic mass is 32.1. The zero-order chi connectivity index (χ0) is 18.0. The lowest BCUT2D eigenvalue weighted by Crippen LogP contribution is -2.47. The fourth-order valence-electron chi connectivity index (χ4n) is 2.82. The van der Waals surface area contributed by atoms with Gasteiger partial charge in [-0.15, -0.1) is 5.10 Å². The summed E-state index contributed by atoms with van der Waals surface area (Å²) in [5.41, 5.74) is 0.783. The third kappa shape index (κ3) is 3.86. The summed E-state index contributed by atoms with van der Waals surface area (Å²) in [4.78, 5) is 2.63. The van der Waals surface area contributed by atoms with E-state index in [2.05, 4.69) is 23.8 Å². The molecule has 8 heteroatoms. The molecule has 0 bridgehead atoms. The topological polar surface area (TPSA) is 61.9 Å². The first kappa shape index (κ1) is 17.9. The molecule has 2 heterocycles. The number of aromatic nitrogens is 2. The largest absolute Gasteiger partial charge is 0.493 e. The van der Waals surface area contributed by atoms with Gasteiger partial charge in [-0.05, 0) is 44.3 Å². The van der Waals surface area contributed by atoms with Gasteiger partial charge >= 0.3 is 0 Å². The maximum Gasteiger partial charge on any atom is 0.288 e. The predicted molar refractivity (Wildman–Crippen MR) is 95.4 cm³/mol. The molecule has 1 aromatic heterocycles. The third-order valence-electron chi connectivity index (χ3n) is 4.29. The number of nitrogens with zero attached hydrogens (tertiary/aromatic N) is 3. The van der Waals surface area contributed by atoms with Crippen LogP contribution in [0.25, 0.3) is 11.5 Å². The van der Waals surface area contributed by atoms with Crippen molar-refractivity contribution in [1.29, 1.82) is 0 Å². The Morgan fingerprint density at radius 1 is 1.24 bits per heavy atom. The molecule has 7 nitrogen and oxygen atoms in total. The van der Waals surface area contributed by atoms with Crippen molar-refractivity contribution in [3.8, 4) is 23.0 Å². The Hall–Kier alpha value is -1.90. The summed E-state index contributed by atoms with van der Waals surface area (Å²) in [6.45, 7) is 6.31. The van der Waals surface area contributed by atoms with E-state index in [4.69, 9.17) is 30.8 Å². The molecule has 0 N–H and O–H groups in total. The summed E-state index contributed by atoms with van der Waals surface area (Å²) >= 11 is 5.34. The van der Waals surface area contributed by atoms with Crippen LogP contribution in [0.5, 0.6) is 11.5 Å². The highest BCUT2D eigenvalue weighted by molar-refractivity contribution is 7.71. The minimum Gasteiger partial charge on any atom is -0.493 e. The maximum atomic E-state index is 5.69. The molecule has 1 aromatic carbocycles.